The molecule has 0 saturated carbocycles. The number of benzene rings is 1. The van der Waals surface area contributed by atoms with Gasteiger partial charge in [0.05, 0.1) is 24.7 Å². The second kappa shape index (κ2) is 5.29. The van der Waals surface area contributed by atoms with Gasteiger partial charge in [0.25, 0.3) is 0 Å². The fourth-order valence-corrected chi connectivity index (χ4v) is 2.09. The van der Waals surface area contributed by atoms with Crippen molar-refractivity contribution in [1.82, 2.24) is 14.8 Å². The van der Waals surface area contributed by atoms with Gasteiger partial charge in [0.1, 0.15) is 12.1 Å². The zero-order chi connectivity index (χ0) is 12.3. The number of rotatable bonds is 4. The first-order valence-corrected chi connectivity index (χ1v) is 5.93. The molecule has 0 aliphatic heterocycles. The van der Waals surface area contributed by atoms with E-state index in [2.05, 4.69) is 26.0 Å². The summed E-state index contributed by atoms with van der Waals surface area (Å²) in [7, 11) is 1.64. The Kier molecular flexibility index (Phi) is 3.75. The van der Waals surface area contributed by atoms with Gasteiger partial charge in [0.2, 0.25) is 0 Å². The summed E-state index contributed by atoms with van der Waals surface area (Å²) >= 11 is 3.45. The van der Waals surface area contributed by atoms with Crippen molar-refractivity contribution in [3.63, 3.8) is 0 Å². The SMILES string of the molecule is COc1ccc(Cn2cnc(CN)n2)cc1Br. The largest absolute Gasteiger partial charge is 0.496 e. The van der Waals surface area contributed by atoms with Crippen LogP contribution in [-0.2, 0) is 13.1 Å². The van der Waals surface area contributed by atoms with Gasteiger partial charge in [-0.2, -0.15) is 5.10 Å². The summed E-state index contributed by atoms with van der Waals surface area (Å²) in [6.07, 6.45) is 1.68. The van der Waals surface area contributed by atoms with E-state index in [9.17, 15) is 0 Å². The molecule has 0 aliphatic rings. The van der Waals surface area contributed by atoms with Crippen molar-refractivity contribution in [2.45, 2.75) is 13.1 Å². The Morgan fingerprint density at radius 2 is 2.29 bits per heavy atom. The minimum Gasteiger partial charge on any atom is -0.496 e. The summed E-state index contributed by atoms with van der Waals surface area (Å²) in [5.74, 6) is 1.47. The summed E-state index contributed by atoms with van der Waals surface area (Å²) in [4.78, 5) is 4.08. The molecule has 0 amide bonds. The Morgan fingerprint density at radius 3 is 2.88 bits per heavy atom. The lowest BCUT2D eigenvalue weighted by Crippen LogP contribution is -2.03. The van der Waals surface area contributed by atoms with Crippen LogP contribution in [0.2, 0.25) is 0 Å². The lowest BCUT2D eigenvalue weighted by Gasteiger charge is -2.06. The third-order valence-corrected chi connectivity index (χ3v) is 2.95. The molecule has 0 aliphatic carbocycles. The van der Waals surface area contributed by atoms with Crippen molar-refractivity contribution in [2.24, 2.45) is 5.73 Å². The van der Waals surface area contributed by atoms with Crippen LogP contribution in [0.5, 0.6) is 5.75 Å². The first-order chi connectivity index (χ1) is 8.22. The summed E-state index contributed by atoms with van der Waals surface area (Å²) in [5.41, 5.74) is 6.57. The second-order valence-corrected chi connectivity index (χ2v) is 4.39. The minimum atomic E-state index is 0.360. The lowest BCUT2D eigenvalue weighted by molar-refractivity contribution is 0.412. The van der Waals surface area contributed by atoms with Crippen molar-refractivity contribution in [3.8, 4) is 5.75 Å². The third-order valence-electron chi connectivity index (χ3n) is 2.33. The van der Waals surface area contributed by atoms with E-state index in [1.54, 1.807) is 18.1 Å². The summed E-state index contributed by atoms with van der Waals surface area (Å²) in [6, 6.07) is 5.91. The van der Waals surface area contributed by atoms with E-state index in [1.165, 1.54) is 0 Å². The predicted octanol–water partition coefficient (Wildman–Crippen LogP) is 1.56. The highest BCUT2D eigenvalue weighted by Crippen LogP contribution is 2.25. The first-order valence-electron chi connectivity index (χ1n) is 5.13. The number of nitrogens with zero attached hydrogens (tertiary/aromatic N) is 3. The van der Waals surface area contributed by atoms with Gasteiger partial charge in [-0.25, -0.2) is 9.67 Å². The van der Waals surface area contributed by atoms with Crippen molar-refractivity contribution in [3.05, 3.63) is 40.4 Å². The van der Waals surface area contributed by atoms with Crippen LogP contribution in [0.25, 0.3) is 0 Å². The molecule has 2 N–H and O–H groups in total. The fourth-order valence-electron chi connectivity index (χ4n) is 1.50. The number of aromatic nitrogens is 3. The molecular weight excluding hydrogens is 284 g/mol. The molecule has 0 radical (unpaired) electrons. The zero-order valence-electron chi connectivity index (χ0n) is 9.43. The van der Waals surface area contributed by atoms with Gasteiger partial charge in [-0.3, -0.25) is 0 Å². The van der Waals surface area contributed by atoms with E-state index in [0.29, 0.717) is 18.9 Å². The third kappa shape index (κ3) is 2.83. The monoisotopic (exact) mass is 296 g/mol. The highest BCUT2D eigenvalue weighted by atomic mass is 79.9. The zero-order valence-corrected chi connectivity index (χ0v) is 11.0. The standard InChI is InChI=1S/C11H13BrN4O/c1-17-10-3-2-8(4-9(10)12)6-16-7-14-11(5-13)15-16/h2-4,7H,5-6,13H2,1H3. The molecule has 1 aromatic carbocycles. The maximum absolute atomic E-state index is 5.46. The van der Waals surface area contributed by atoms with E-state index in [1.807, 2.05) is 18.2 Å². The van der Waals surface area contributed by atoms with Crippen molar-refractivity contribution < 1.29 is 4.74 Å². The molecule has 2 aromatic rings. The van der Waals surface area contributed by atoms with Crippen molar-refractivity contribution in [1.29, 1.82) is 0 Å². The Morgan fingerprint density at radius 1 is 1.47 bits per heavy atom. The normalized spacial score (nSPS) is 10.5. The topological polar surface area (TPSA) is 66.0 Å². The van der Waals surface area contributed by atoms with Gasteiger partial charge in [-0.1, -0.05) is 6.07 Å². The number of methoxy groups -OCH3 is 1. The molecule has 1 aromatic heterocycles. The van der Waals surface area contributed by atoms with Crippen LogP contribution in [0, 0.1) is 0 Å². The number of nitrogens with two attached hydrogens (primary N) is 1. The summed E-state index contributed by atoms with van der Waals surface area (Å²) < 4.78 is 7.86. The van der Waals surface area contributed by atoms with Gasteiger partial charge in [-0.05, 0) is 33.6 Å². The van der Waals surface area contributed by atoms with Crippen molar-refractivity contribution >= 4 is 15.9 Å². The second-order valence-electron chi connectivity index (χ2n) is 3.53. The molecule has 0 atom stereocenters. The quantitative estimate of drug-likeness (QED) is 0.930. The van der Waals surface area contributed by atoms with Gasteiger partial charge in [-0.15, -0.1) is 0 Å². The van der Waals surface area contributed by atoms with Crippen LogP contribution in [0.4, 0.5) is 0 Å². The molecule has 2 rings (SSSR count). The number of hydrogen-bond donors (Lipinski definition) is 1. The first kappa shape index (κ1) is 12.1. The maximum atomic E-state index is 5.46. The molecule has 0 unspecified atom stereocenters. The van der Waals surface area contributed by atoms with Crippen LogP contribution in [-0.4, -0.2) is 21.9 Å². The van der Waals surface area contributed by atoms with E-state index in [4.69, 9.17) is 10.5 Å². The Balaban J connectivity index is 2.15. The minimum absolute atomic E-state index is 0.360. The Hall–Kier alpha value is -1.40. The number of halogens is 1. The Bertz CT molecular complexity index is 512. The average Bonchev–Trinajstić information content (AvgIpc) is 2.77. The van der Waals surface area contributed by atoms with Crippen molar-refractivity contribution in [2.75, 3.05) is 7.11 Å². The van der Waals surface area contributed by atoms with Crippen LogP contribution < -0.4 is 10.5 Å². The van der Waals surface area contributed by atoms with E-state index in [-0.39, 0.29) is 0 Å². The average molecular weight is 297 g/mol. The van der Waals surface area contributed by atoms with Crippen LogP contribution >= 0.6 is 15.9 Å². The molecular formula is C11H13BrN4O. The highest BCUT2D eigenvalue weighted by Gasteiger charge is 2.03. The van der Waals surface area contributed by atoms with E-state index < -0.39 is 0 Å². The predicted molar refractivity (Wildman–Crippen MR) is 67.7 cm³/mol. The smallest absolute Gasteiger partial charge is 0.164 e. The molecule has 6 heteroatoms. The highest BCUT2D eigenvalue weighted by molar-refractivity contribution is 9.10. The summed E-state index contributed by atoms with van der Waals surface area (Å²) in [6.45, 7) is 1.02. The number of hydrogen-bond acceptors (Lipinski definition) is 4. The molecule has 0 saturated heterocycles. The Labute approximate surface area is 108 Å². The van der Waals surface area contributed by atoms with Gasteiger partial charge in [0.15, 0.2) is 5.82 Å². The van der Waals surface area contributed by atoms with E-state index >= 15 is 0 Å². The maximum Gasteiger partial charge on any atom is 0.164 e. The molecule has 0 bridgehead atoms. The molecule has 17 heavy (non-hydrogen) atoms. The molecule has 90 valence electrons. The van der Waals surface area contributed by atoms with Crippen LogP contribution in [0.15, 0.2) is 29.0 Å². The molecule has 0 spiro atoms. The lowest BCUT2D eigenvalue weighted by atomic mass is 10.2. The van der Waals surface area contributed by atoms with Gasteiger partial charge < -0.3 is 10.5 Å². The van der Waals surface area contributed by atoms with Crippen LogP contribution in [0.3, 0.4) is 0 Å². The summed E-state index contributed by atoms with van der Waals surface area (Å²) in [5, 5.41) is 4.23. The number of ether oxygens (including phenoxy) is 1. The van der Waals surface area contributed by atoms with Gasteiger partial charge >= 0.3 is 0 Å². The van der Waals surface area contributed by atoms with E-state index in [0.717, 1.165) is 15.8 Å². The fraction of sp³-hybridized carbons (Fsp3) is 0.273. The van der Waals surface area contributed by atoms with Gasteiger partial charge in [0, 0.05) is 0 Å². The van der Waals surface area contributed by atoms with Crippen LogP contribution in [0.1, 0.15) is 11.4 Å². The molecule has 0 fully saturated rings. The molecule has 5 nitrogen and oxygen atoms in total. The molecule has 1 heterocycles.